The molecule has 0 radical (unpaired) electrons. The molecule has 7 heteroatoms. The van der Waals surface area contributed by atoms with Gasteiger partial charge in [0.1, 0.15) is 5.75 Å². The second kappa shape index (κ2) is 7.11. The van der Waals surface area contributed by atoms with Crippen molar-refractivity contribution in [2.45, 2.75) is 45.2 Å². The van der Waals surface area contributed by atoms with Crippen molar-refractivity contribution in [3.05, 3.63) is 29.8 Å². The number of halogens is 3. The molecule has 4 nitrogen and oxygen atoms in total. The Hall–Kier alpha value is -1.31. The van der Waals surface area contributed by atoms with Crippen molar-refractivity contribution in [3.63, 3.8) is 0 Å². The summed E-state index contributed by atoms with van der Waals surface area (Å²) in [4.78, 5) is 0. The highest BCUT2D eigenvalue weighted by Crippen LogP contribution is 2.24. The van der Waals surface area contributed by atoms with Crippen molar-refractivity contribution in [1.29, 1.82) is 0 Å². The summed E-state index contributed by atoms with van der Waals surface area (Å²) in [5.41, 5.74) is 3.03. The molecule has 3 N–H and O–H groups in total. The van der Waals surface area contributed by atoms with E-state index in [-0.39, 0.29) is 11.8 Å². The van der Waals surface area contributed by atoms with E-state index >= 15 is 0 Å². The van der Waals surface area contributed by atoms with E-state index in [2.05, 4.69) is 10.2 Å². The SMILES string of the molecule is CCOC(C)(C)C(Cc1ccc(OC(F)(F)F)cc1)NN. The summed E-state index contributed by atoms with van der Waals surface area (Å²) in [6, 6.07) is 5.54. The molecule has 0 aliphatic carbocycles. The minimum atomic E-state index is -4.68. The molecule has 120 valence electrons. The number of alkyl halides is 3. The van der Waals surface area contributed by atoms with E-state index < -0.39 is 12.0 Å². The van der Waals surface area contributed by atoms with Crippen LogP contribution in [0.25, 0.3) is 0 Å². The zero-order valence-corrected chi connectivity index (χ0v) is 12.3. The first kappa shape index (κ1) is 17.7. The van der Waals surface area contributed by atoms with Gasteiger partial charge < -0.3 is 9.47 Å². The van der Waals surface area contributed by atoms with Crippen LogP contribution in [-0.4, -0.2) is 24.6 Å². The number of nitrogens with two attached hydrogens (primary N) is 1. The van der Waals surface area contributed by atoms with Crippen LogP contribution in [0.3, 0.4) is 0 Å². The second-order valence-electron chi connectivity index (χ2n) is 5.15. The van der Waals surface area contributed by atoms with E-state index in [4.69, 9.17) is 10.6 Å². The molecule has 0 fully saturated rings. The maximum atomic E-state index is 12.1. The molecule has 0 amide bonds. The third-order valence-corrected chi connectivity index (χ3v) is 3.15. The van der Waals surface area contributed by atoms with Crippen LogP contribution in [0.15, 0.2) is 24.3 Å². The molecule has 0 aromatic heterocycles. The second-order valence-corrected chi connectivity index (χ2v) is 5.15. The minimum absolute atomic E-state index is 0.174. The highest BCUT2D eigenvalue weighted by Gasteiger charge is 2.31. The van der Waals surface area contributed by atoms with Gasteiger partial charge in [0.05, 0.1) is 11.6 Å². The minimum Gasteiger partial charge on any atom is -0.406 e. The van der Waals surface area contributed by atoms with Crippen molar-refractivity contribution in [1.82, 2.24) is 5.43 Å². The molecule has 0 saturated carbocycles. The molecule has 0 bridgehead atoms. The Morgan fingerprint density at radius 2 is 1.76 bits per heavy atom. The fraction of sp³-hybridized carbons (Fsp3) is 0.571. The summed E-state index contributed by atoms with van der Waals surface area (Å²) in [5, 5.41) is 0. The van der Waals surface area contributed by atoms with Gasteiger partial charge in [-0.2, -0.15) is 0 Å². The Balaban J connectivity index is 2.73. The Kier molecular flexibility index (Phi) is 6.00. The monoisotopic (exact) mass is 306 g/mol. The van der Waals surface area contributed by atoms with E-state index in [1.165, 1.54) is 12.1 Å². The van der Waals surface area contributed by atoms with Crippen LogP contribution < -0.4 is 16.0 Å². The van der Waals surface area contributed by atoms with Crippen molar-refractivity contribution in [3.8, 4) is 5.75 Å². The summed E-state index contributed by atoms with van der Waals surface area (Å²) < 4.78 is 45.7. The number of rotatable bonds is 7. The van der Waals surface area contributed by atoms with Crippen molar-refractivity contribution >= 4 is 0 Å². The van der Waals surface area contributed by atoms with Crippen molar-refractivity contribution < 1.29 is 22.6 Å². The highest BCUT2D eigenvalue weighted by molar-refractivity contribution is 5.28. The van der Waals surface area contributed by atoms with Crippen molar-refractivity contribution in [2.24, 2.45) is 5.84 Å². The quantitative estimate of drug-likeness (QED) is 0.601. The lowest BCUT2D eigenvalue weighted by atomic mass is 9.92. The smallest absolute Gasteiger partial charge is 0.406 e. The van der Waals surface area contributed by atoms with Crippen LogP contribution in [0, 0.1) is 0 Å². The first-order valence-corrected chi connectivity index (χ1v) is 6.62. The zero-order chi connectivity index (χ0) is 16.1. The molecule has 0 saturated heterocycles. The van der Waals surface area contributed by atoms with Gasteiger partial charge in [-0.1, -0.05) is 12.1 Å². The molecule has 0 aliphatic heterocycles. The Labute approximate surface area is 122 Å². The van der Waals surface area contributed by atoms with Gasteiger partial charge in [0.25, 0.3) is 0 Å². The van der Waals surface area contributed by atoms with Gasteiger partial charge in [0.15, 0.2) is 0 Å². The molecule has 0 aliphatic rings. The third-order valence-electron chi connectivity index (χ3n) is 3.15. The lowest BCUT2D eigenvalue weighted by Crippen LogP contribution is -2.52. The van der Waals surface area contributed by atoms with Crippen LogP contribution >= 0.6 is 0 Å². The highest BCUT2D eigenvalue weighted by atomic mass is 19.4. The average Bonchev–Trinajstić information content (AvgIpc) is 2.35. The number of ether oxygens (including phenoxy) is 2. The van der Waals surface area contributed by atoms with Gasteiger partial charge in [-0.05, 0) is 44.9 Å². The molecule has 1 unspecified atom stereocenters. The number of nitrogens with one attached hydrogen (secondary N) is 1. The van der Waals surface area contributed by atoms with Crippen LogP contribution in [0.5, 0.6) is 5.75 Å². The fourth-order valence-electron chi connectivity index (χ4n) is 2.04. The van der Waals surface area contributed by atoms with Crippen LogP contribution in [0.1, 0.15) is 26.3 Å². The maximum absolute atomic E-state index is 12.1. The molecule has 1 rings (SSSR count). The summed E-state index contributed by atoms with van der Waals surface area (Å²) >= 11 is 0. The molecule has 0 spiro atoms. The number of hydrogen-bond acceptors (Lipinski definition) is 4. The van der Waals surface area contributed by atoms with Gasteiger partial charge in [-0.15, -0.1) is 13.2 Å². The number of hydrogen-bond donors (Lipinski definition) is 2. The lowest BCUT2D eigenvalue weighted by molar-refractivity contribution is -0.274. The van der Waals surface area contributed by atoms with Crippen LogP contribution in [-0.2, 0) is 11.2 Å². The molecular weight excluding hydrogens is 285 g/mol. The van der Waals surface area contributed by atoms with Gasteiger partial charge >= 0.3 is 6.36 Å². The van der Waals surface area contributed by atoms with Crippen LogP contribution in [0.4, 0.5) is 13.2 Å². The summed E-state index contributed by atoms with van der Waals surface area (Å²) in [7, 11) is 0. The topological polar surface area (TPSA) is 56.5 Å². The van der Waals surface area contributed by atoms with E-state index in [0.29, 0.717) is 13.0 Å². The van der Waals surface area contributed by atoms with E-state index in [0.717, 1.165) is 5.56 Å². The maximum Gasteiger partial charge on any atom is 0.573 e. The van der Waals surface area contributed by atoms with Gasteiger partial charge in [0, 0.05) is 6.61 Å². The van der Waals surface area contributed by atoms with Gasteiger partial charge in [-0.25, -0.2) is 0 Å². The molecular formula is C14H21F3N2O2. The summed E-state index contributed by atoms with van der Waals surface area (Å²) in [6.07, 6.45) is -4.16. The van der Waals surface area contributed by atoms with E-state index in [1.807, 2.05) is 20.8 Å². The van der Waals surface area contributed by atoms with Gasteiger partial charge in [-0.3, -0.25) is 11.3 Å². The van der Waals surface area contributed by atoms with Gasteiger partial charge in [0.2, 0.25) is 0 Å². The standard InChI is InChI=1S/C14H21F3N2O2/c1-4-20-13(2,3)12(19-18)9-10-5-7-11(8-6-10)21-14(15,16)17/h5-8,12,19H,4,9,18H2,1-3H3. The van der Waals surface area contributed by atoms with E-state index in [9.17, 15) is 13.2 Å². The molecule has 0 heterocycles. The predicted molar refractivity (Wildman–Crippen MR) is 73.6 cm³/mol. The van der Waals surface area contributed by atoms with Crippen LogP contribution in [0.2, 0.25) is 0 Å². The Morgan fingerprint density at radius 1 is 1.19 bits per heavy atom. The zero-order valence-electron chi connectivity index (χ0n) is 12.3. The first-order chi connectivity index (χ1) is 9.68. The Bertz CT molecular complexity index is 433. The molecule has 1 aromatic carbocycles. The lowest BCUT2D eigenvalue weighted by Gasteiger charge is -2.33. The summed E-state index contributed by atoms with van der Waals surface area (Å²) in [5.74, 6) is 5.30. The average molecular weight is 306 g/mol. The first-order valence-electron chi connectivity index (χ1n) is 6.62. The summed E-state index contributed by atoms with van der Waals surface area (Å²) in [6.45, 7) is 6.24. The number of hydrazine groups is 1. The van der Waals surface area contributed by atoms with E-state index in [1.54, 1.807) is 12.1 Å². The third kappa shape index (κ3) is 5.91. The predicted octanol–water partition coefficient (Wildman–Crippen LogP) is 2.77. The normalized spacial score (nSPS) is 14.0. The Morgan fingerprint density at radius 3 is 2.19 bits per heavy atom. The number of benzene rings is 1. The molecule has 1 aromatic rings. The molecule has 21 heavy (non-hydrogen) atoms. The largest absolute Gasteiger partial charge is 0.573 e. The van der Waals surface area contributed by atoms with Crippen molar-refractivity contribution in [2.75, 3.05) is 6.61 Å². The molecule has 1 atom stereocenters. The fourth-order valence-corrected chi connectivity index (χ4v) is 2.04.